The first-order chi connectivity index (χ1) is 13.9. The SMILES string of the molecule is COc1cc(Cl)c(C)cc1NC(=O)c1ccc(C(=O)C(=O)c2ccccc2)cc1. The van der Waals surface area contributed by atoms with Gasteiger partial charge in [0.1, 0.15) is 5.75 Å². The third-order valence-corrected chi connectivity index (χ3v) is 4.79. The van der Waals surface area contributed by atoms with E-state index in [0.29, 0.717) is 27.6 Å². The number of ketones is 2. The van der Waals surface area contributed by atoms with Gasteiger partial charge in [0.15, 0.2) is 0 Å². The van der Waals surface area contributed by atoms with Crippen LogP contribution in [-0.2, 0) is 0 Å². The highest BCUT2D eigenvalue weighted by molar-refractivity contribution is 6.49. The van der Waals surface area contributed by atoms with E-state index in [1.165, 1.54) is 31.4 Å². The third kappa shape index (κ3) is 4.52. The second-order valence-electron chi connectivity index (χ2n) is 6.36. The van der Waals surface area contributed by atoms with Crippen molar-refractivity contribution in [3.05, 3.63) is 94.0 Å². The average Bonchev–Trinajstić information content (AvgIpc) is 2.75. The zero-order valence-corrected chi connectivity index (χ0v) is 16.6. The van der Waals surface area contributed by atoms with Gasteiger partial charge in [-0.2, -0.15) is 0 Å². The van der Waals surface area contributed by atoms with Crippen LogP contribution in [0.15, 0.2) is 66.7 Å². The Morgan fingerprint density at radius 1 is 0.828 bits per heavy atom. The summed E-state index contributed by atoms with van der Waals surface area (Å²) in [6, 6.07) is 17.6. The van der Waals surface area contributed by atoms with Crippen molar-refractivity contribution in [1.29, 1.82) is 0 Å². The predicted octanol–water partition coefficient (Wildman–Crippen LogP) is 4.97. The summed E-state index contributed by atoms with van der Waals surface area (Å²) in [5.74, 6) is -1.16. The Hall–Kier alpha value is -3.44. The summed E-state index contributed by atoms with van der Waals surface area (Å²) in [5, 5.41) is 3.30. The van der Waals surface area contributed by atoms with Gasteiger partial charge in [0, 0.05) is 27.8 Å². The standard InChI is InChI=1S/C23H18ClNO4/c1-14-12-19(20(29-2)13-18(14)24)25-23(28)17-10-8-16(9-11-17)22(27)21(26)15-6-4-3-5-7-15/h3-13H,1-2H3,(H,25,28). The zero-order chi connectivity index (χ0) is 21.0. The van der Waals surface area contributed by atoms with E-state index in [4.69, 9.17) is 16.3 Å². The van der Waals surface area contributed by atoms with Crippen molar-refractivity contribution in [2.24, 2.45) is 0 Å². The molecule has 0 bridgehead atoms. The van der Waals surface area contributed by atoms with E-state index < -0.39 is 11.6 Å². The molecule has 3 aromatic rings. The van der Waals surface area contributed by atoms with Crippen molar-refractivity contribution in [2.45, 2.75) is 6.92 Å². The Morgan fingerprint density at radius 2 is 1.38 bits per heavy atom. The van der Waals surface area contributed by atoms with Gasteiger partial charge >= 0.3 is 0 Å². The molecule has 6 heteroatoms. The molecule has 0 aliphatic heterocycles. The van der Waals surface area contributed by atoms with Crippen molar-refractivity contribution in [3.8, 4) is 5.75 Å². The molecule has 0 aromatic heterocycles. The van der Waals surface area contributed by atoms with Crippen LogP contribution in [0.4, 0.5) is 5.69 Å². The van der Waals surface area contributed by atoms with Crippen LogP contribution in [-0.4, -0.2) is 24.6 Å². The van der Waals surface area contributed by atoms with E-state index in [0.717, 1.165) is 5.56 Å². The highest BCUT2D eigenvalue weighted by Gasteiger charge is 2.19. The first kappa shape index (κ1) is 20.3. The molecule has 29 heavy (non-hydrogen) atoms. The number of methoxy groups -OCH3 is 1. The fourth-order valence-corrected chi connectivity index (χ4v) is 2.90. The van der Waals surface area contributed by atoms with Gasteiger partial charge in [0.2, 0.25) is 11.6 Å². The highest BCUT2D eigenvalue weighted by Crippen LogP contribution is 2.31. The van der Waals surface area contributed by atoms with Crippen molar-refractivity contribution < 1.29 is 19.1 Å². The molecule has 3 rings (SSSR count). The summed E-state index contributed by atoms with van der Waals surface area (Å²) in [7, 11) is 1.49. The minimum Gasteiger partial charge on any atom is -0.495 e. The summed E-state index contributed by atoms with van der Waals surface area (Å²) in [6.07, 6.45) is 0. The maximum Gasteiger partial charge on any atom is 0.255 e. The van der Waals surface area contributed by atoms with Gasteiger partial charge in [-0.3, -0.25) is 14.4 Å². The molecule has 0 radical (unpaired) electrons. The number of ether oxygens (including phenoxy) is 1. The van der Waals surface area contributed by atoms with Crippen LogP contribution < -0.4 is 10.1 Å². The maximum atomic E-state index is 12.6. The Bertz CT molecular complexity index is 1080. The fourth-order valence-electron chi connectivity index (χ4n) is 2.75. The van der Waals surface area contributed by atoms with Gasteiger partial charge in [-0.05, 0) is 30.7 Å². The van der Waals surface area contributed by atoms with Crippen LogP contribution in [0.25, 0.3) is 0 Å². The average molecular weight is 408 g/mol. The van der Waals surface area contributed by atoms with Crippen molar-refractivity contribution in [1.82, 2.24) is 0 Å². The third-order valence-electron chi connectivity index (χ3n) is 4.38. The minimum atomic E-state index is -0.627. The molecule has 5 nitrogen and oxygen atoms in total. The lowest BCUT2D eigenvalue weighted by Crippen LogP contribution is -2.16. The first-order valence-electron chi connectivity index (χ1n) is 8.80. The van der Waals surface area contributed by atoms with Gasteiger partial charge in [0.05, 0.1) is 12.8 Å². The van der Waals surface area contributed by atoms with Crippen LogP contribution in [0.3, 0.4) is 0 Å². The van der Waals surface area contributed by atoms with Crippen molar-refractivity contribution in [3.63, 3.8) is 0 Å². The summed E-state index contributed by atoms with van der Waals surface area (Å²) >= 11 is 6.08. The normalized spacial score (nSPS) is 10.3. The summed E-state index contributed by atoms with van der Waals surface area (Å²) in [5.41, 5.74) is 2.16. The molecular weight excluding hydrogens is 390 g/mol. The van der Waals surface area contributed by atoms with Gasteiger partial charge in [-0.15, -0.1) is 0 Å². The molecule has 0 fully saturated rings. The number of Topliss-reactive ketones (excluding diaryl/α,β-unsaturated/α-hetero) is 2. The number of carbonyl (C=O) groups excluding carboxylic acids is 3. The molecule has 0 heterocycles. The van der Waals surface area contributed by atoms with Crippen LogP contribution in [0.1, 0.15) is 36.6 Å². The molecule has 0 spiro atoms. The number of anilines is 1. The lowest BCUT2D eigenvalue weighted by Gasteiger charge is -2.12. The molecule has 3 aromatic carbocycles. The first-order valence-corrected chi connectivity index (χ1v) is 9.18. The smallest absolute Gasteiger partial charge is 0.255 e. The quantitative estimate of drug-likeness (QED) is 0.462. The van der Waals surface area contributed by atoms with Gasteiger partial charge in [-0.25, -0.2) is 0 Å². The van der Waals surface area contributed by atoms with E-state index in [1.807, 2.05) is 6.92 Å². The van der Waals surface area contributed by atoms with E-state index in [2.05, 4.69) is 5.32 Å². The number of aryl methyl sites for hydroxylation is 1. The molecule has 0 unspecified atom stereocenters. The van der Waals surface area contributed by atoms with Crippen LogP contribution in [0, 0.1) is 6.92 Å². The Balaban J connectivity index is 1.76. The molecule has 0 aliphatic rings. The Labute approximate surface area is 173 Å². The van der Waals surface area contributed by atoms with E-state index in [1.54, 1.807) is 42.5 Å². The molecule has 146 valence electrons. The lowest BCUT2D eigenvalue weighted by molar-refractivity contribution is 0.0817. The van der Waals surface area contributed by atoms with Crippen LogP contribution >= 0.6 is 11.6 Å². The number of hydrogen-bond acceptors (Lipinski definition) is 4. The number of halogens is 1. The molecule has 1 N–H and O–H groups in total. The summed E-state index contributed by atoms with van der Waals surface area (Å²) in [6.45, 7) is 1.82. The number of hydrogen-bond donors (Lipinski definition) is 1. The number of nitrogens with one attached hydrogen (secondary N) is 1. The van der Waals surface area contributed by atoms with Crippen molar-refractivity contribution in [2.75, 3.05) is 12.4 Å². The summed E-state index contributed by atoms with van der Waals surface area (Å²) in [4.78, 5) is 37.2. The molecular formula is C23H18ClNO4. The highest BCUT2D eigenvalue weighted by atomic mass is 35.5. The maximum absolute atomic E-state index is 12.6. The van der Waals surface area contributed by atoms with Gasteiger partial charge in [0.25, 0.3) is 5.91 Å². The van der Waals surface area contributed by atoms with Crippen LogP contribution in [0.2, 0.25) is 5.02 Å². The molecule has 1 amide bonds. The molecule has 0 saturated carbocycles. The second kappa shape index (κ2) is 8.71. The van der Waals surface area contributed by atoms with Crippen LogP contribution in [0.5, 0.6) is 5.75 Å². The second-order valence-corrected chi connectivity index (χ2v) is 6.76. The Morgan fingerprint density at radius 3 is 1.97 bits per heavy atom. The Kier molecular flexibility index (Phi) is 6.10. The number of benzene rings is 3. The number of amides is 1. The van der Waals surface area contributed by atoms with Crippen molar-refractivity contribution >= 4 is 34.8 Å². The van der Waals surface area contributed by atoms with E-state index in [-0.39, 0.29) is 11.5 Å². The molecule has 0 saturated heterocycles. The lowest BCUT2D eigenvalue weighted by atomic mass is 10.0. The fraction of sp³-hybridized carbons (Fsp3) is 0.0870. The van der Waals surface area contributed by atoms with E-state index >= 15 is 0 Å². The molecule has 0 aliphatic carbocycles. The molecule has 0 atom stereocenters. The largest absolute Gasteiger partial charge is 0.495 e. The van der Waals surface area contributed by atoms with Gasteiger partial charge in [-0.1, -0.05) is 54.1 Å². The zero-order valence-electron chi connectivity index (χ0n) is 15.9. The minimum absolute atomic E-state index is 0.218. The number of carbonyl (C=O) groups is 3. The monoisotopic (exact) mass is 407 g/mol. The summed E-state index contributed by atoms with van der Waals surface area (Å²) < 4.78 is 5.26. The predicted molar refractivity (Wildman–Crippen MR) is 112 cm³/mol. The van der Waals surface area contributed by atoms with Gasteiger partial charge < -0.3 is 10.1 Å². The number of rotatable bonds is 6. The van der Waals surface area contributed by atoms with E-state index in [9.17, 15) is 14.4 Å². The topological polar surface area (TPSA) is 72.5 Å².